The zero-order valence-corrected chi connectivity index (χ0v) is 16.4. The maximum Gasteiger partial charge on any atom is 0.481 e. The molecule has 2 unspecified atom stereocenters. The van der Waals surface area contributed by atoms with E-state index >= 15 is 4.39 Å². The highest BCUT2D eigenvalue weighted by atomic mass is 31.3. The second-order valence-corrected chi connectivity index (χ2v) is 9.08. The monoisotopic (exact) mass is 458 g/mol. The van der Waals surface area contributed by atoms with Gasteiger partial charge in [0, 0.05) is 0 Å². The van der Waals surface area contributed by atoms with Crippen LogP contribution in [-0.2, 0) is 22.7 Å². The van der Waals surface area contributed by atoms with Crippen molar-refractivity contribution in [1.82, 2.24) is 19.5 Å². The quantitative estimate of drug-likeness (QED) is 0.291. The Labute approximate surface area is 161 Å². The Bertz CT molecular complexity index is 1030. The Morgan fingerprint density at radius 2 is 2.00 bits per heavy atom. The molecule has 0 aliphatic carbocycles. The van der Waals surface area contributed by atoms with Crippen LogP contribution in [-0.4, -0.2) is 63.8 Å². The van der Waals surface area contributed by atoms with E-state index in [1.54, 1.807) is 0 Å². The molecule has 29 heavy (non-hydrogen) atoms. The van der Waals surface area contributed by atoms with Gasteiger partial charge in [0.25, 0.3) is 0 Å². The Morgan fingerprint density at radius 3 is 2.62 bits per heavy atom. The zero-order chi connectivity index (χ0) is 21.8. The van der Waals surface area contributed by atoms with Gasteiger partial charge in [-0.2, -0.15) is 14.3 Å². The van der Waals surface area contributed by atoms with E-state index in [9.17, 15) is 19.1 Å². The Morgan fingerprint density at radius 1 is 1.34 bits per heavy atom. The summed E-state index contributed by atoms with van der Waals surface area (Å²) in [5, 5.41) is 10.2. The van der Waals surface area contributed by atoms with Crippen LogP contribution in [0.5, 0.6) is 0 Å². The van der Waals surface area contributed by atoms with Gasteiger partial charge in [-0.05, 0) is 6.92 Å². The molecule has 0 amide bonds. The molecule has 5 atom stereocenters. The van der Waals surface area contributed by atoms with E-state index < -0.39 is 46.4 Å². The lowest BCUT2D eigenvalue weighted by Gasteiger charge is -2.24. The van der Waals surface area contributed by atoms with E-state index in [0.717, 1.165) is 17.8 Å². The number of hydrogen-bond acceptors (Lipinski definition) is 11. The lowest BCUT2D eigenvalue weighted by molar-refractivity contribution is -0.0560. The molecular formula is C11H17FN6O9P2. The summed E-state index contributed by atoms with van der Waals surface area (Å²) in [6, 6.07) is 0. The molecule has 0 aromatic carbocycles. The zero-order valence-electron chi connectivity index (χ0n) is 14.6. The number of halogens is 1. The van der Waals surface area contributed by atoms with Crippen molar-refractivity contribution in [1.29, 1.82) is 0 Å². The number of aromatic nitrogens is 4. The summed E-state index contributed by atoms with van der Waals surface area (Å²) in [5.74, 6) is -0.285. The van der Waals surface area contributed by atoms with E-state index in [0.29, 0.717) is 0 Å². The summed E-state index contributed by atoms with van der Waals surface area (Å²) >= 11 is 0. The minimum atomic E-state index is -5.34. The van der Waals surface area contributed by atoms with Crippen LogP contribution < -0.4 is 11.5 Å². The molecule has 3 heterocycles. The second kappa shape index (κ2) is 7.19. The van der Waals surface area contributed by atoms with E-state index in [1.807, 2.05) is 0 Å². The fourth-order valence-corrected chi connectivity index (χ4v) is 4.40. The van der Waals surface area contributed by atoms with Crippen LogP contribution in [0.1, 0.15) is 13.2 Å². The number of aliphatic hydroxyl groups is 1. The highest BCUT2D eigenvalue weighted by Gasteiger charge is 2.56. The molecule has 1 aliphatic rings. The molecule has 15 nitrogen and oxygen atoms in total. The van der Waals surface area contributed by atoms with Gasteiger partial charge in [-0.15, -0.1) is 0 Å². The third-order valence-corrected chi connectivity index (χ3v) is 6.20. The van der Waals surface area contributed by atoms with E-state index in [2.05, 4.69) is 23.8 Å². The van der Waals surface area contributed by atoms with Gasteiger partial charge in [0.1, 0.15) is 17.7 Å². The number of rotatable bonds is 6. The average Bonchev–Trinajstić information content (AvgIpc) is 3.04. The van der Waals surface area contributed by atoms with Crippen LogP contribution in [0, 0.1) is 0 Å². The number of ether oxygens (including phenoxy) is 1. The molecule has 3 rings (SSSR count). The first-order chi connectivity index (χ1) is 13.2. The molecule has 2 aromatic heterocycles. The smallest absolute Gasteiger partial charge is 0.387 e. The van der Waals surface area contributed by atoms with Crippen LogP contribution in [0.25, 0.3) is 11.2 Å². The lowest BCUT2D eigenvalue weighted by Crippen LogP contribution is -2.40. The topological polar surface area (TPSA) is 238 Å². The van der Waals surface area contributed by atoms with Gasteiger partial charge < -0.3 is 36.0 Å². The molecule has 0 bridgehead atoms. The van der Waals surface area contributed by atoms with Crippen molar-refractivity contribution in [2.24, 2.45) is 0 Å². The first-order valence-corrected chi connectivity index (χ1v) is 10.8. The first-order valence-electron chi connectivity index (χ1n) is 7.73. The Balaban J connectivity index is 1.85. The Hall–Kier alpha value is -1.74. The number of phosphoric ester groups is 1. The van der Waals surface area contributed by atoms with Crippen LogP contribution in [0.4, 0.5) is 16.2 Å². The minimum absolute atomic E-state index is 0.00954. The Kier molecular flexibility index (Phi) is 5.45. The molecule has 0 spiro atoms. The van der Waals surface area contributed by atoms with Crippen molar-refractivity contribution in [3.05, 3.63) is 6.33 Å². The fraction of sp³-hybridized carbons (Fsp3) is 0.545. The van der Waals surface area contributed by atoms with Crippen LogP contribution in [0.2, 0.25) is 0 Å². The van der Waals surface area contributed by atoms with Crippen molar-refractivity contribution in [2.45, 2.75) is 31.0 Å². The molecule has 18 heteroatoms. The molecular weight excluding hydrogens is 441 g/mol. The number of phosphoric acid groups is 2. The number of nitrogen functional groups attached to an aromatic ring is 2. The third kappa shape index (κ3) is 4.40. The molecule has 1 aliphatic heterocycles. The van der Waals surface area contributed by atoms with Gasteiger partial charge in [-0.3, -0.25) is 9.09 Å². The molecule has 0 saturated carbocycles. The minimum Gasteiger partial charge on any atom is -0.387 e. The summed E-state index contributed by atoms with van der Waals surface area (Å²) in [6.45, 7) is 0.0591. The molecule has 0 radical (unpaired) electrons. The molecule has 162 valence electrons. The number of nitrogens with two attached hydrogens (primary N) is 2. The van der Waals surface area contributed by atoms with Crippen molar-refractivity contribution in [2.75, 3.05) is 18.1 Å². The van der Waals surface area contributed by atoms with Gasteiger partial charge in [-0.1, -0.05) is 0 Å². The predicted molar refractivity (Wildman–Crippen MR) is 92.5 cm³/mol. The lowest BCUT2D eigenvalue weighted by atomic mass is 9.98. The third-order valence-electron chi connectivity index (χ3n) is 4.05. The predicted octanol–water partition coefficient (Wildman–Crippen LogP) is -0.797. The number of hydrogen-bond donors (Lipinski definition) is 6. The normalized spacial score (nSPS) is 29.9. The van der Waals surface area contributed by atoms with Gasteiger partial charge >= 0.3 is 15.6 Å². The summed E-state index contributed by atoms with van der Waals surface area (Å²) in [6.07, 6.45) is -3.81. The van der Waals surface area contributed by atoms with Crippen LogP contribution in [0.15, 0.2) is 6.33 Å². The summed E-state index contributed by atoms with van der Waals surface area (Å²) in [5.41, 5.74) is 8.86. The number of nitrogens with zero attached hydrogens (tertiary/aromatic N) is 4. The van der Waals surface area contributed by atoms with E-state index in [-0.39, 0.29) is 22.9 Å². The fourth-order valence-electron chi connectivity index (χ4n) is 2.80. The number of alkyl halides is 1. The summed E-state index contributed by atoms with van der Waals surface area (Å²) in [4.78, 5) is 38.1. The molecule has 1 saturated heterocycles. The van der Waals surface area contributed by atoms with Gasteiger partial charge in [0.2, 0.25) is 5.95 Å². The highest BCUT2D eigenvalue weighted by Crippen LogP contribution is 2.58. The summed E-state index contributed by atoms with van der Waals surface area (Å²) < 4.78 is 52.0. The van der Waals surface area contributed by atoms with Crippen molar-refractivity contribution in [3.63, 3.8) is 0 Å². The largest absolute Gasteiger partial charge is 0.481 e. The maximum atomic E-state index is 15.2. The van der Waals surface area contributed by atoms with Crippen LogP contribution in [0.3, 0.4) is 0 Å². The van der Waals surface area contributed by atoms with Crippen molar-refractivity contribution >= 4 is 38.6 Å². The van der Waals surface area contributed by atoms with E-state index in [4.69, 9.17) is 26.0 Å². The second-order valence-electron chi connectivity index (χ2n) is 6.25. The summed E-state index contributed by atoms with van der Waals surface area (Å²) in [7, 11) is -10.6. The van der Waals surface area contributed by atoms with Crippen LogP contribution >= 0.6 is 15.6 Å². The number of fused-ring (bicyclic) bond motifs is 1. The average molecular weight is 458 g/mol. The molecule has 2 aromatic rings. The number of aliphatic hydroxyl groups excluding tert-OH is 1. The van der Waals surface area contributed by atoms with Crippen molar-refractivity contribution in [3.8, 4) is 0 Å². The molecule has 8 N–H and O–H groups in total. The maximum absolute atomic E-state index is 15.2. The van der Waals surface area contributed by atoms with E-state index in [1.165, 1.54) is 0 Å². The van der Waals surface area contributed by atoms with Gasteiger partial charge in [0.05, 0.1) is 12.9 Å². The van der Waals surface area contributed by atoms with Gasteiger partial charge in [-0.25, -0.2) is 18.5 Å². The van der Waals surface area contributed by atoms with Crippen molar-refractivity contribution < 1.29 is 46.9 Å². The number of anilines is 2. The van der Waals surface area contributed by atoms with Gasteiger partial charge in [0.15, 0.2) is 23.4 Å². The molecule has 1 fully saturated rings. The number of imidazole rings is 1. The SMILES string of the molecule is CC1(F)[C@@H](O)[C@@H](COP(=O)(O)OP(=O)(O)O)O[C@H]1n1cnc2c(N)nc(N)nc21. The first kappa shape index (κ1) is 22.0. The highest BCUT2D eigenvalue weighted by molar-refractivity contribution is 7.60. The standard InChI is InChI=1S/C11H17FN6O9P2/c1-11(12)6(19)4(2-25-29(23,24)27-28(20,21)22)26-9(11)18-3-15-5-7(13)16-10(14)17-8(5)18/h3-4,6,9,19H,2H2,1H3,(H,23,24)(H2,20,21,22)(H4,13,14,16,17)/t4-,6+,9-,11?/m1/s1.